The summed E-state index contributed by atoms with van der Waals surface area (Å²) in [4.78, 5) is 29.4. The lowest BCUT2D eigenvalue weighted by atomic mass is 10.2. The average molecular weight is 284 g/mol. The maximum atomic E-state index is 11.5. The van der Waals surface area contributed by atoms with E-state index in [2.05, 4.69) is 20.6 Å². The zero-order valence-electron chi connectivity index (χ0n) is 11.2. The Morgan fingerprint density at radius 1 is 1.25 bits per heavy atom. The van der Waals surface area contributed by atoms with Crippen LogP contribution in [0.4, 0.5) is 10.7 Å². The fraction of sp³-hybridized carbons (Fsp3) is 0.583. The maximum absolute atomic E-state index is 11.5. The summed E-state index contributed by atoms with van der Waals surface area (Å²) >= 11 is 0. The summed E-state index contributed by atoms with van der Waals surface area (Å²) in [6.07, 6.45) is 2.37. The summed E-state index contributed by atoms with van der Waals surface area (Å²) in [5.41, 5.74) is 0.220. The van der Waals surface area contributed by atoms with Gasteiger partial charge >= 0.3 is 6.03 Å². The molecule has 1 rings (SSSR count). The van der Waals surface area contributed by atoms with Gasteiger partial charge in [-0.05, 0) is 25.7 Å². The first kappa shape index (κ1) is 16.1. The van der Waals surface area contributed by atoms with Gasteiger partial charge in [0.25, 0.3) is 5.56 Å². The van der Waals surface area contributed by atoms with Crippen LogP contribution in [0.25, 0.3) is 0 Å². The molecule has 0 unspecified atom stereocenters. The zero-order valence-corrected chi connectivity index (χ0v) is 11.2. The van der Waals surface area contributed by atoms with Gasteiger partial charge in [-0.25, -0.2) is 9.78 Å². The molecule has 2 amide bonds. The number of H-pyrrole nitrogens is 1. The second-order valence-electron chi connectivity index (χ2n) is 4.22. The first-order chi connectivity index (χ1) is 9.65. The summed E-state index contributed by atoms with van der Waals surface area (Å²) in [5.74, 6) is 0.0815. The highest BCUT2D eigenvalue weighted by molar-refractivity contribution is 5.87. The molecule has 1 heterocycles. The van der Waals surface area contributed by atoms with E-state index in [0.29, 0.717) is 31.5 Å². The number of aromatic nitrogens is 2. The third-order valence-electron chi connectivity index (χ3n) is 2.49. The van der Waals surface area contributed by atoms with Crippen molar-refractivity contribution in [1.29, 1.82) is 0 Å². The van der Waals surface area contributed by atoms with Crippen molar-refractivity contribution in [2.45, 2.75) is 25.7 Å². The van der Waals surface area contributed by atoms with Crippen LogP contribution >= 0.6 is 0 Å². The number of amides is 2. The van der Waals surface area contributed by atoms with Crippen molar-refractivity contribution in [2.75, 3.05) is 25.1 Å². The first-order valence-electron chi connectivity index (χ1n) is 6.52. The second-order valence-corrected chi connectivity index (χ2v) is 4.22. The van der Waals surface area contributed by atoms with Crippen LogP contribution in [0.1, 0.15) is 25.0 Å². The normalized spacial score (nSPS) is 10.3. The number of carbonyl (C=O) groups is 1. The van der Waals surface area contributed by atoms with Gasteiger partial charge in [0.15, 0.2) is 0 Å². The number of hydrogen-bond acceptors (Lipinski definition) is 5. The molecule has 20 heavy (non-hydrogen) atoms. The molecular weight excluding hydrogens is 264 g/mol. The largest absolute Gasteiger partial charge is 0.396 e. The molecule has 8 nitrogen and oxygen atoms in total. The molecule has 0 aromatic carbocycles. The Morgan fingerprint density at radius 3 is 2.70 bits per heavy atom. The number of carbonyl (C=O) groups excluding carboxylic acids is 1. The SMILES string of the molecule is O=C(NCCCO)Nc1nc(CCCCO)cc(=O)[nH]1. The number of anilines is 1. The van der Waals surface area contributed by atoms with Crippen LogP contribution in [0.2, 0.25) is 0 Å². The standard InChI is InChI=1S/C12H20N4O4/c17-6-2-1-4-9-8-10(19)15-11(14-9)16-12(20)13-5-3-7-18/h8,17-18H,1-7H2,(H3,13,14,15,16,19,20). The van der Waals surface area contributed by atoms with Crippen molar-refractivity contribution in [3.8, 4) is 0 Å². The molecule has 0 radical (unpaired) electrons. The Labute approximate surface area is 116 Å². The van der Waals surface area contributed by atoms with Gasteiger partial charge in [-0.2, -0.15) is 0 Å². The van der Waals surface area contributed by atoms with Crippen molar-refractivity contribution in [3.05, 3.63) is 22.1 Å². The molecule has 0 atom stereocenters. The van der Waals surface area contributed by atoms with E-state index in [-0.39, 0.29) is 24.7 Å². The molecule has 8 heteroatoms. The highest BCUT2D eigenvalue weighted by atomic mass is 16.3. The van der Waals surface area contributed by atoms with Crippen molar-refractivity contribution >= 4 is 12.0 Å². The van der Waals surface area contributed by atoms with Crippen LogP contribution in [-0.2, 0) is 6.42 Å². The third kappa shape index (κ3) is 6.30. The van der Waals surface area contributed by atoms with Crippen LogP contribution < -0.4 is 16.2 Å². The molecule has 5 N–H and O–H groups in total. The number of aryl methyl sites for hydroxylation is 1. The van der Waals surface area contributed by atoms with E-state index in [1.165, 1.54) is 6.07 Å². The Balaban J connectivity index is 2.56. The maximum Gasteiger partial charge on any atom is 0.321 e. The number of aliphatic hydroxyl groups excluding tert-OH is 2. The van der Waals surface area contributed by atoms with Gasteiger partial charge in [-0.1, -0.05) is 0 Å². The predicted molar refractivity (Wildman–Crippen MR) is 73.6 cm³/mol. The lowest BCUT2D eigenvalue weighted by Gasteiger charge is -2.07. The van der Waals surface area contributed by atoms with E-state index in [1.807, 2.05) is 0 Å². The van der Waals surface area contributed by atoms with E-state index < -0.39 is 6.03 Å². The molecule has 0 fully saturated rings. The topological polar surface area (TPSA) is 127 Å². The predicted octanol–water partition coefficient (Wildman–Crippen LogP) is -0.411. The van der Waals surface area contributed by atoms with Gasteiger partial charge in [-0.15, -0.1) is 0 Å². The van der Waals surface area contributed by atoms with E-state index in [0.717, 1.165) is 6.42 Å². The van der Waals surface area contributed by atoms with Crippen LogP contribution in [0.3, 0.4) is 0 Å². The number of rotatable bonds is 8. The molecule has 0 bridgehead atoms. The van der Waals surface area contributed by atoms with Crippen LogP contribution in [0.5, 0.6) is 0 Å². The van der Waals surface area contributed by atoms with Crippen molar-refractivity contribution in [3.63, 3.8) is 0 Å². The van der Waals surface area contributed by atoms with E-state index in [1.54, 1.807) is 0 Å². The Bertz CT molecular complexity index is 475. The van der Waals surface area contributed by atoms with Crippen molar-refractivity contribution in [1.82, 2.24) is 15.3 Å². The summed E-state index contributed by atoms with van der Waals surface area (Å²) in [6.45, 7) is 0.431. The lowest BCUT2D eigenvalue weighted by molar-refractivity contribution is 0.248. The van der Waals surface area contributed by atoms with E-state index in [9.17, 15) is 9.59 Å². The molecule has 1 aromatic heterocycles. The summed E-state index contributed by atoms with van der Waals surface area (Å²) in [7, 11) is 0. The average Bonchev–Trinajstić information content (AvgIpc) is 2.38. The minimum Gasteiger partial charge on any atom is -0.396 e. The monoisotopic (exact) mass is 284 g/mol. The number of aromatic amines is 1. The number of nitrogens with zero attached hydrogens (tertiary/aromatic N) is 1. The van der Waals surface area contributed by atoms with Crippen LogP contribution in [0, 0.1) is 0 Å². The number of urea groups is 1. The molecular formula is C12H20N4O4. The highest BCUT2D eigenvalue weighted by Gasteiger charge is 2.05. The Kier molecular flexibility index (Phi) is 7.30. The molecule has 1 aromatic rings. The van der Waals surface area contributed by atoms with Gasteiger partial charge in [0.2, 0.25) is 5.95 Å². The van der Waals surface area contributed by atoms with Crippen LogP contribution in [-0.4, -0.2) is 46.0 Å². The molecule has 0 aliphatic rings. The smallest absolute Gasteiger partial charge is 0.321 e. The van der Waals surface area contributed by atoms with Gasteiger partial charge in [0.05, 0.1) is 0 Å². The van der Waals surface area contributed by atoms with Gasteiger partial charge in [0.1, 0.15) is 0 Å². The van der Waals surface area contributed by atoms with Crippen molar-refractivity contribution in [2.24, 2.45) is 0 Å². The number of nitrogens with one attached hydrogen (secondary N) is 3. The van der Waals surface area contributed by atoms with Crippen molar-refractivity contribution < 1.29 is 15.0 Å². The number of aliphatic hydroxyl groups is 2. The number of hydrogen-bond donors (Lipinski definition) is 5. The molecule has 112 valence electrons. The molecule has 0 aliphatic heterocycles. The summed E-state index contributed by atoms with van der Waals surface area (Å²) < 4.78 is 0. The molecule has 0 saturated carbocycles. The fourth-order valence-corrected chi connectivity index (χ4v) is 1.55. The quantitative estimate of drug-likeness (QED) is 0.415. The van der Waals surface area contributed by atoms with Crippen LogP contribution in [0.15, 0.2) is 10.9 Å². The Morgan fingerprint density at radius 2 is 2.00 bits per heavy atom. The second kappa shape index (κ2) is 9.05. The fourth-order valence-electron chi connectivity index (χ4n) is 1.55. The van der Waals surface area contributed by atoms with Gasteiger partial charge in [0, 0.05) is 31.5 Å². The highest BCUT2D eigenvalue weighted by Crippen LogP contribution is 2.02. The summed E-state index contributed by atoms with van der Waals surface area (Å²) in [5, 5.41) is 22.2. The first-order valence-corrected chi connectivity index (χ1v) is 6.52. The van der Waals surface area contributed by atoms with E-state index >= 15 is 0 Å². The number of unbranched alkanes of at least 4 members (excludes halogenated alkanes) is 1. The molecule has 0 spiro atoms. The van der Waals surface area contributed by atoms with E-state index in [4.69, 9.17) is 10.2 Å². The minimum absolute atomic E-state index is 0.00426. The third-order valence-corrected chi connectivity index (χ3v) is 2.49. The minimum atomic E-state index is -0.492. The molecule has 0 saturated heterocycles. The summed E-state index contributed by atoms with van der Waals surface area (Å²) in [6, 6.07) is 0.876. The zero-order chi connectivity index (χ0) is 14.8. The van der Waals surface area contributed by atoms with Gasteiger partial charge in [-0.3, -0.25) is 15.1 Å². The lowest BCUT2D eigenvalue weighted by Crippen LogP contribution is -2.31. The Hall–Kier alpha value is -1.93. The molecule has 0 aliphatic carbocycles. The van der Waals surface area contributed by atoms with Gasteiger partial charge < -0.3 is 15.5 Å².